The van der Waals surface area contributed by atoms with Crippen LogP contribution in [0.1, 0.15) is 12.5 Å². The Morgan fingerprint density at radius 2 is 2.24 bits per heavy atom. The van der Waals surface area contributed by atoms with Crippen LogP contribution in [0.25, 0.3) is 0 Å². The van der Waals surface area contributed by atoms with Crippen molar-refractivity contribution in [3.8, 4) is 11.5 Å². The molecule has 0 bridgehead atoms. The molecule has 1 amide bonds. The minimum absolute atomic E-state index is 0.0694. The molecule has 1 aromatic rings. The van der Waals surface area contributed by atoms with Crippen LogP contribution in [-0.2, 0) is 16.1 Å². The lowest BCUT2D eigenvalue weighted by Gasteiger charge is -2.29. The van der Waals surface area contributed by atoms with Gasteiger partial charge in [0.2, 0.25) is 5.91 Å². The van der Waals surface area contributed by atoms with Crippen LogP contribution in [-0.4, -0.2) is 45.4 Å². The lowest BCUT2D eigenvalue weighted by atomic mass is 10.1. The molecule has 0 saturated carbocycles. The largest absolute Gasteiger partial charge is 0.497 e. The molecule has 6 nitrogen and oxygen atoms in total. The number of hydrogen-bond acceptors (Lipinski definition) is 5. The summed E-state index contributed by atoms with van der Waals surface area (Å²) in [5.41, 5.74) is 0.899. The third-order valence-electron chi connectivity index (χ3n) is 3.55. The lowest BCUT2D eigenvalue weighted by Crippen LogP contribution is -2.55. The molecule has 2 rings (SSSR count). The lowest BCUT2D eigenvalue weighted by molar-refractivity contribution is -0.129. The highest BCUT2D eigenvalue weighted by Gasteiger charge is 2.28. The fourth-order valence-corrected chi connectivity index (χ4v) is 2.32. The molecule has 1 saturated heterocycles. The van der Waals surface area contributed by atoms with Gasteiger partial charge < -0.3 is 24.8 Å². The Labute approximate surface area is 124 Å². The van der Waals surface area contributed by atoms with E-state index in [-0.39, 0.29) is 18.1 Å². The number of carbonyl (C=O) groups excluding carboxylic acids is 1. The van der Waals surface area contributed by atoms with Crippen LogP contribution >= 0.6 is 0 Å². The van der Waals surface area contributed by atoms with E-state index in [9.17, 15) is 4.79 Å². The van der Waals surface area contributed by atoms with Gasteiger partial charge in [0.05, 0.1) is 26.9 Å². The van der Waals surface area contributed by atoms with E-state index in [1.165, 1.54) is 0 Å². The quantitative estimate of drug-likeness (QED) is 0.836. The molecule has 1 aliphatic rings. The summed E-state index contributed by atoms with van der Waals surface area (Å²) in [6, 6.07) is 5.20. The zero-order chi connectivity index (χ0) is 15.2. The second-order valence-electron chi connectivity index (χ2n) is 4.90. The first-order valence-corrected chi connectivity index (χ1v) is 6.99. The van der Waals surface area contributed by atoms with Crippen LogP contribution in [0.5, 0.6) is 11.5 Å². The highest BCUT2D eigenvalue weighted by molar-refractivity contribution is 5.82. The molecule has 21 heavy (non-hydrogen) atoms. The monoisotopic (exact) mass is 294 g/mol. The fraction of sp³-hybridized carbons (Fsp3) is 0.533. The summed E-state index contributed by atoms with van der Waals surface area (Å²) in [4.78, 5) is 12.2. The van der Waals surface area contributed by atoms with Gasteiger partial charge in [-0.3, -0.25) is 4.79 Å². The average Bonchev–Trinajstić information content (AvgIpc) is 2.52. The van der Waals surface area contributed by atoms with Crippen LogP contribution < -0.4 is 20.1 Å². The first-order valence-electron chi connectivity index (χ1n) is 6.99. The number of benzene rings is 1. The standard InChI is InChI=1S/C15H22N2O4/c1-10-14(16-6-7-21-10)15(18)17-9-11-4-5-12(19-2)8-13(11)20-3/h4-5,8,10,14,16H,6-7,9H2,1-3H3,(H,17,18)/t10-,14+/m1/s1. The van der Waals surface area contributed by atoms with E-state index in [1.54, 1.807) is 20.3 Å². The summed E-state index contributed by atoms with van der Waals surface area (Å²) < 4.78 is 15.9. The molecular formula is C15H22N2O4. The summed E-state index contributed by atoms with van der Waals surface area (Å²) >= 11 is 0. The number of rotatable bonds is 5. The molecule has 1 aromatic carbocycles. The normalized spacial score (nSPS) is 21.7. The third-order valence-corrected chi connectivity index (χ3v) is 3.55. The van der Waals surface area contributed by atoms with E-state index in [2.05, 4.69) is 10.6 Å². The van der Waals surface area contributed by atoms with E-state index >= 15 is 0 Å². The van der Waals surface area contributed by atoms with Crippen LogP contribution in [0.2, 0.25) is 0 Å². The highest BCUT2D eigenvalue weighted by Crippen LogP contribution is 2.24. The predicted octanol–water partition coefficient (Wildman–Crippen LogP) is 0.697. The Morgan fingerprint density at radius 1 is 1.43 bits per heavy atom. The smallest absolute Gasteiger partial charge is 0.240 e. The number of methoxy groups -OCH3 is 2. The topological polar surface area (TPSA) is 68.8 Å². The van der Waals surface area contributed by atoms with Gasteiger partial charge in [0.15, 0.2) is 0 Å². The number of ether oxygens (including phenoxy) is 3. The van der Waals surface area contributed by atoms with Crippen molar-refractivity contribution in [2.45, 2.75) is 25.6 Å². The second kappa shape index (κ2) is 7.28. The Hall–Kier alpha value is -1.79. The Bertz CT molecular complexity index is 493. The minimum Gasteiger partial charge on any atom is -0.497 e. The maximum absolute atomic E-state index is 12.2. The number of amides is 1. The van der Waals surface area contributed by atoms with Crippen molar-refractivity contribution >= 4 is 5.91 Å². The Balaban J connectivity index is 1.97. The van der Waals surface area contributed by atoms with Gasteiger partial charge >= 0.3 is 0 Å². The minimum atomic E-state index is -0.317. The predicted molar refractivity (Wildman–Crippen MR) is 78.6 cm³/mol. The van der Waals surface area contributed by atoms with Gasteiger partial charge in [-0.2, -0.15) is 0 Å². The maximum atomic E-state index is 12.2. The number of morpholine rings is 1. The molecule has 6 heteroatoms. The van der Waals surface area contributed by atoms with Gasteiger partial charge in [-0.15, -0.1) is 0 Å². The van der Waals surface area contributed by atoms with Crippen LogP contribution in [0.3, 0.4) is 0 Å². The molecule has 1 fully saturated rings. The van der Waals surface area contributed by atoms with Gasteiger partial charge in [0.25, 0.3) is 0 Å². The molecule has 116 valence electrons. The van der Waals surface area contributed by atoms with E-state index in [0.717, 1.165) is 11.3 Å². The van der Waals surface area contributed by atoms with Crippen LogP contribution in [0, 0.1) is 0 Å². The zero-order valence-electron chi connectivity index (χ0n) is 12.6. The van der Waals surface area contributed by atoms with Crippen molar-refractivity contribution in [2.75, 3.05) is 27.4 Å². The van der Waals surface area contributed by atoms with Crippen LogP contribution in [0.4, 0.5) is 0 Å². The number of hydrogen-bond donors (Lipinski definition) is 2. The van der Waals surface area contributed by atoms with Crippen molar-refractivity contribution in [2.24, 2.45) is 0 Å². The summed E-state index contributed by atoms with van der Waals surface area (Å²) in [6.45, 7) is 3.62. The first kappa shape index (κ1) is 15.6. The fourth-order valence-electron chi connectivity index (χ4n) is 2.32. The van der Waals surface area contributed by atoms with Crippen molar-refractivity contribution in [3.05, 3.63) is 23.8 Å². The number of nitrogens with one attached hydrogen (secondary N) is 2. The zero-order valence-corrected chi connectivity index (χ0v) is 12.6. The Morgan fingerprint density at radius 3 is 2.90 bits per heavy atom. The Kier molecular flexibility index (Phi) is 5.41. The molecule has 0 aliphatic carbocycles. The molecule has 0 aromatic heterocycles. The third kappa shape index (κ3) is 3.86. The van der Waals surface area contributed by atoms with Crippen molar-refractivity contribution in [1.29, 1.82) is 0 Å². The number of carbonyl (C=O) groups is 1. The van der Waals surface area contributed by atoms with Gasteiger partial charge in [0.1, 0.15) is 17.5 Å². The van der Waals surface area contributed by atoms with Crippen LogP contribution in [0.15, 0.2) is 18.2 Å². The summed E-state index contributed by atoms with van der Waals surface area (Å²) in [6.07, 6.45) is -0.128. The van der Waals surface area contributed by atoms with E-state index in [0.29, 0.717) is 25.4 Å². The molecule has 1 heterocycles. The van der Waals surface area contributed by atoms with Gasteiger partial charge in [-0.25, -0.2) is 0 Å². The maximum Gasteiger partial charge on any atom is 0.240 e. The summed E-state index contributed by atoms with van der Waals surface area (Å²) in [5.74, 6) is 1.34. The average molecular weight is 294 g/mol. The van der Waals surface area contributed by atoms with Crippen molar-refractivity contribution in [3.63, 3.8) is 0 Å². The van der Waals surface area contributed by atoms with Crippen molar-refractivity contribution in [1.82, 2.24) is 10.6 Å². The second-order valence-corrected chi connectivity index (χ2v) is 4.90. The summed E-state index contributed by atoms with van der Waals surface area (Å²) in [5, 5.41) is 6.07. The van der Waals surface area contributed by atoms with E-state index in [4.69, 9.17) is 14.2 Å². The van der Waals surface area contributed by atoms with E-state index in [1.807, 2.05) is 19.1 Å². The van der Waals surface area contributed by atoms with E-state index < -0.39 is 0 Å². The summed E-state index contributed by atoms with van der Waals surface area (Å²) in [7, 11) is 3.20. The molecular weight excluding hydrogens is 272 g/mol. The highest BCUT2D eigenvalue weighted by atomic mass is 16.5. The molecule has 0 spiro atoms. The SMILES string of the molecule is COc1ccc(CNC(=O)[C@H]2NCCO[C@@H]2C)c(OC)c1. The molecule has 1 aliphatic heterocycles. The van der Waals surface area contributed by atoms with Gasteiger partial charge in [-0.1, -0.05) is 0 Å². The molecule has 2 N–H and O–H groups in total. The van der Waals surface area contributed by atoms with Gasteiger partial charge in [0, 0.05) is 24.7 Å². The van der Waals surface area contributed by atoms with Gasteiger partial charge in [-0.05, 0) is 19.1 Å². The van der Waals surface area contributed by atoms with Crippen molar-refractivity contribution < 1.29 is 19.0 Å². The molecule has 0 radical (unpaired) electrons. The first-order chi connectivity index (χ1) is 10.2. The molecule has 2 atom stereocenters. The molecule has 0 unspecified atom stereocenters.